The molecule has 0 fully saturated rings. The molecule has 0 aromatic carbocycles. The Hall–Kier alpha value is -0.450. The van der Waals surface area contributed by atoms with Crippen LogP contribution in [0.2, 0.25) is 0 Å². The highest BCUT2D eigenvalue weighted by Gasteiger charge is 1.97. The Morgan fingerprint density at radius 3 is 2.73 bits per heavy atom. The minimum atomic E-state index is 1.04. The topological polar surface area (TPSA) is 37.0 Å². The van der Waals surface area contributed by atoms with Gasteiger partial charge in [0.2, 0.25) is 0 Å². The Bertz CT molecular complexity index is 260. The number of thiazole rings is 1. The summed E-state index contributed by atoms with van der Waals surface area (Å²) in [5, 5.41) is 10.1. The van der Waals surface area contributed by atoms with E-state index in [9.17, 15) is 0 Å². The monoisotopic (exact) mass is 227 g/mol. The van der Waals surface area contributed by atoms with Gasteiger partial charge in [0.15, 0.2) is 0 Å². The molecule has 0 atom stereocenters. The Kier molecular flexibility index (Phi) is 6.55. The number of nitrogens with one attached hydrogen (secondary N) is 2. The molecule has 0 aliphatic heterocycles. The van der Waals surface area contributed by atoms with Crippen molar-refractivity contribution in [1.29, 1.82) is 0 Å². The Balaban J connectivity index is 1.93. The van der Waals surface area contributed by atoms with Gasteiger partial charge in [0.25, 0.3) is 0 Å². The van der Waals surface area contributed by atoms with Crippen LogP contribution >= 0.6 is 11.3 Å². The van der Waals surface area contributed by atoms with Crippen LogP contribution in [0, 0.1) is 6.92 Å². The molecule has 0 spiro atoms. The van der Waals surface area contributed by atoms with E-state index in [2.05, 4.69) is 27.9 Å². The van der Waals surface area contributed by atoms with E-state index in [0.717, 1.165) is 38.3 Å². The largest absolute Gasteiger partial charge is 0.317 e. The SMILES string of the molecule is CCNCCCNCCc1nc(C)cs1. The fourth-order valence-corrected chi connectivity index (χ4v) is 2.13. The van der Waals surface area contributed by atoms with Gasteiger partial charge in [-0.05, 0) is 33.0 Å². The molecule has 1 heterocycles. The lowest BCUT2D eigenvalue weighted by atomic mass is 10.4. The summed E-state index contributed by atoms with van der Waals surface area (Å²) in [5.74, 6) is 0. The molecule has 4 heteroatoms. The normalized spacial score (nSPS) is 10.8. The first-order chi connectivity index (χ1) is 7.33. The highest BCUT2D eigenvalue weighted by atomic mass is 32.1. The van der Waals surface area contributed by atoms with Crippen LogP contribution in [-0.2, 0) is 6.42 Å². The van der Waals surface area contributed by atoms with Crippen molar-refractivity contribution in [2.75, 3.05) is 26.2 Å². The molecule has 0 unspecified atom stereocenters. The first-order valence-corrected chi connectivity index (χ1v) is 6.53. The molecule has 0 aliphatic rings. The van der Waals surface area contributed by atoms with Crippen molar-refractivity contribution in [2.45, 2.75) is 26.7 Å². The zero-order valence-corrected chi connectivity index (χ0v) is 10.5. The van der Waals surface area contributed by atoms with Crippen molar-refractivity contribution in [2.24, 2.45) is 0 Å². The molecule has 0 bridgehead atoms. The van der Waals surface area contributed by atoms with Crippen molar-refractivity contribution in [3.05, 3.63) is 16.1 Å². The maximum atomic E-state index is 4.42. The predicted octanol–water partition coefficient (Wildman–Crippen LogP) is 1.58. The quantitative estimate of drug-likeness (QED) is 0.662. The van der Waals surface area contributed by atoms with E-state index in [4.69, 9.17) is 0 Å². The Labute approximate surface area is 96.3 Å². The molecule has 0 aliphatic carbocycles. The number of aryl methyl sites for hydroxylation is 1. The molecule has 2 N–H and O–H groups in total. The first-order valence-electron chi connectivity index (χ1n) is 5.65. The third-order valence-corrected chi connectivity index (χ3v) is 3.17. The number of nitrogens with zero attached hydrogens (tertiary/aromatic N) is 1. The third kappa shape index (κ3) is 5.87. The fourth-order valence-electron chi connectivity index (χ4n) is 1.35. The van der Waals surface area contributed by atoms with E-state index in [1.54, 1.807) is 11.3 Å². The minimum Gasteiger partial charge on any atom is -0.317 e. The van der Waals surface area contributed by atoms with Crippen molar-refractivity contribution in [3.8, 4) is 0 Å². The maximum Gasteiger partial charge on any atom is 0.0940 e. The molecule has 1 rings (SSSR count). The van der Waals surface area contributed by atoms with Gasteiger partial charge in [0, 0.05) is 24.0 Å². The molecule has 1 aromatic rings. The van der Waals surface area contributed by atoms with Gasteiger partial charge >= 0.3 is 0 Å². The summed E-state index contributed by atoms with van der Waals surface area (Å²) in [4.78, 5) is 4.42. The molecule has 0 saturated carbocycles. The van der Waals surface area contributed by atoms with Crippen LogP contribution in [0.4, 0.5) is 0 Å². The standard InChI is InChI=1S/C11H21N3S/c1-3-12-6-4-7-13-8-5-11-14-10(2)9-15-11/h9,12-13H,3-8H2,1-2H3. The Morgan fingerprint density at radius 1 is 1.27 bits per heavy atom. The van der Waals surface area contributed by atoms with Gasteiger partial charge in [0.1, 0.15) is 0 Å². The first kappa shape index (κ1) is 12.6. The van der Waals surface area contributed by atoms with Crippen molar-refractivity contribution < 1.29 is 0 Å². The van der Waals surface area contributed by atoms with Crippen molar-refractivity contribution >= 4 is 11.3 Å². The fraction of sp³-hybridized carbons (Fsp3) is 0.727. The summed E-state index contributed by atoms with van der Waals surface area (Å²) in [6, 6.07) is 0. The second kappa shape index (κ2) is 7.79. The van der Waals surface area contributed by atoms with Crippen molar-refractivity contribution in [3.63, 3.8) is 0 Å². The van der Waals surface area contributed by atoms with Crippen LogP contribution in [0.5, 0.6) is 0 Å². The van der Waals surface area contributed by atoms with Gasteiger partial charge in [-0.1, -0.05) is 6.92 Å². The highest BCUT2D eigenvalue weighted by molar-refractivity contribution is 7.09. The average Bonchev–Trinajstić information content (AvgIpc) is 2.63. The molecular weight excluding hydrogens is 206 g/mol. The van der Waals surface area contributed by atoms with Gasteiger partial charge in [-0.3, -0.25) is 0 Å². The molecule has 0 amide bonds. The number of rotatable bonds is 8. The van der Waals surface area contributed by atoms with E-state index >= 15 is 0 Å². The van der Waals surface area contributed by atoms with Crippen LogP contribution in [-0.4, -0.2) is 31.2 Å². The lowest BCUT2D eigenvalue weighted by Crippen LogP contribution is -2.23. The average molecular weight is 227 g/mol. The third-order valence-electron chi connectivity index (χ3n) is 2.14. The summed E-state index contributed by atoms with van der Waals surface area (Å²) in [6.07, 6.45) is 2.25. The zero-order valence-electron chi connectivity index (χ0n) is 9.68. The van der Waals surface area contributed by atoms with E-state index in [-0.39, 0.29) is 0 Å². The minimum absolute atomic E-state index is 1.04. The second-order valence-electron chi connectivity index (χ2n) is 3.59. The van der Waals surface area contributed by atoms with Gasteiger partial charge in [0.05, 0.1) is 5.01 Å². The van der Waals surface area contributed by atoms with Crippen LogP contribution in [0.25, 0.3) is 0 Å². The molecule has 1 aromatic heterocycles. The van der Waals surface area contributed by atoms with Crippen LogP contribution in [0.15, 0.2) is 5.38 Å². The van der Waals surface area contributed by atoms with Gasteiger partial charge in [-0.2, -0.15) is 0 Å². The highest BCUT2D eigenvalue weighted by Crippen LogP contribution is 2.08. The lowest BCUT2D eigenvalue weighted by molar-refractivity contribution is 0.606. The summed E-state index contributed by atoms with van der Waals surface area (Å²) in [6.45, 7) is 8.50. The maximum absolute atomic E-state index is 4.42. The van der Waals surface area contributed by atoms with Crippen LogP contribution in [0.3, 0.4) is 0 Å². The van der Waals surface area contributed by atoms with Gasteiger partial charge in [-0.25, -0.2) is 4.98 Å². The summed E-state index contributed by atoms with van der Waals surface area (Å²) in [5.41, 5.74) is 1.14. The smallest absolute Gasteiger partial charge is 0.0940 e. The predicted molar refractivity (Wildman–Crippen MR) is 66.6 cm³/mol. The van der Waals surface area contributed by atoms with E-state index in [0.29, 0.717) is 0 Å². The molecule has 3 nitrogen and oxygen atoms in total. The summed E-state index contributed by atoms with van der Waals surface area (Å²) >= 11 is 1.76. The van der Waals surface area contributed by atoms with Crippen molar-refractivity contribution in [1.82, 2.24) is 15.6 Å². The molecule has 86 valence electrons. The lowest BCUT2D eigenvalue weighted by Gasteiger charge is -2.03. The molecular formula is C11H21N3S. The second-order valence-corrected chi connectivity index (χ2v) is 4.53. The van der Waals surface area contributed by atoms with E-state index in [1.165, 1.54) is 11.4 Å². The van der Waals surface area contributed by atoms with Gasteiger partial charge in [-0.15, -0.1) is 11.3 Å². The number of aromatic nitrogens is 1. The molecule has 15 heavy (non-hydrogen) atoms. The van der Waals surface area contributed by atoms with Crippen LogP contribution < -0.4 is 10.6 Å². The number of hydrogen-bond acceptors (Lipinski definition) is 4. The Morgan fingerprint density at radius 2 is 2.07 bits per heavy atom. The summed E-state index contributed by atoms with van der Waals surface area (Å²) < 4.78 is 0. The van der Waals surface area contributed by atoms with Gasteiger partial charge < -0.3 is 10.6 Å². The van der Waals surface area contributed by atoms with Crippen LogP contribution in [0.1, 0.15) is 24.0 Å². The number of hydrogen-bond donors (Lipinski definition) is 2. The van der Waals surface area contributed by atoms with E-state index < -0.39 is 0 Å². The zero-order chi connectivity index (χ0) is 10.9. The van der Waals surface area contributed by atoms with E-state index in [1.807, 2.05) is 6.92 Å². The molecule has 0 radical (unpaired) electrons. The summed E-state index contributed by atoms with van der Waals surface area (Å²) in [7, 11) is 0. The molecule has 0 saturated heterocycles.